The fourth-order valence-corrected chi connectivity index (χ4v) is 3.34. The Balaban J connectivity index is 1.64. The van der Waals surface area contributed by atoms with Crippen LogP contribution in [0.3, 0.4) is 0 Å². The van der Waals surface area contributed by atoms with Gasteiger partial charge in [-0.15, -0.1) is 0 Å². The van der Waals surface area contributed by atoms with Crippen LogP contribution in [-0.2, 0) is 22.1 Å². The Morgan fingerprint density at radius 3 is 2.44 bits per heavy atom. The van der Waals surface area contributed by atoms with Gasteiger partial charge in [0, 0.05) is 24.7 Å². The zero-order valence-corrected chi connectivity index (χ0v) is 18.1. The SMILES string of the molecule is CC(C)(C)OC(=O)N1CC=C[C@H]1C(=O)CCc1ccnc(-c2ccc(C(F)(F)F)cc2)c1. The smallest absolute Gasteiger partial charge is 0.416 e. The monoisotopic (exact) mass is 446 g/mol. The molecule has 2 aromatic rings. The van der Waals surface area contributed by atoms with Gasteiger partial charge in [-0.2, -0.15) is 13.2 Å². The summed E-state index contributed by atoms with van der Waals surface area (Å²) in [5.41, 5.74) is 0.538. The number of alkyl halides is 3. The summed E-state index contributed by atoms with van der Waals surface area (Å²) in [4.78, 5) is 30.8. The minimum absolute atomic E-state index is 0.113. The molecule has 0 unspecified atom stereocenters. The van der Waals surface area contributed by atoms with Crippen molar-refractivity contribution < 1.29 is 27.5 Å². The van der Waals surface area contributed by atoms with Gasteiger partial charge in [0.2, 0.25) is 0 Å². The maximum Gasteiger partial charge on any atom is 0.416 e. The van der Waals surface area contributed by atoms with E-state index in [0.717, 1.165) is 17.7 Å². The summed E-state index contributed by atoms with van der Waals surface area (Å²) >= 11 is 0. The normalized spacial score (nSPS) is 16.3. The molecule has 1 aromatic heterocycles. The molecule has 8 heteroatoms. The molecular weight excluding hydrogens is 421 g/mol. The van der Waals surface area contributed by atoms with Crippen LogP contribution in [0.4, 0.5) is 18.0 Å². The van der Waals surface area contributed by atoms with E-state index in [1.54, 1.807) is 51.3 Å². The van der Waals surface area contributed by atoms with E-state index in [0.29, 0.717) is 24.2 Å². The summed E-state index contributed by atoms with van der Waals surface area (Å²) in [6, 6.07) is 7.64. The highest BCUT2D eigenvalue weighted by atomic mass is 19.4. The van der Waals surface area contributed by atoms with Gasteiger partial charge in [-0.05, 0) is 57.0 Å². The van der Waals surface area contributed by atoms with Crippen LogP contribution in [0.25, 0.3) is 11.3 Å². The third kappa shape index (κ3) is 5.96. The topological polar surface area (TPSA) is 59.5 Å². The van der Waals surface area contributed by atoms with Crippen LogP contribution in [-0.4, -0.2) is 39.9 Å². The van der Waals surface area contributed by atoms with Gasteiger partial charge in [0.05, 0.1) is 11.3 Å². The van der Waals surface area contributed by atoms with Crippen LogP contribution in [0.2, 0.25) is 0 Å². The Hall–Kier alpha value is -3.16. The Kier molecular flexibility index (Phi) is 6.71. The average Bonchev–Trinajstić information content (AvgIpc) is 3.21. The number of carbonyl (C=O) groups is 2. The molecule has 0 radical (unpaired) electrons. The molecule has 0 fully saturated rings. The maximum atomic E-state index is 12.8. The van der Waals surface area contributed by atoms with Crippen molar-refractivity contribution in [2.24, 2.45) is 0 Å². The first-order valence-electron chi connectivity index (χ1n) is 10.3. The van der Waals surface area contributed by atoms with Gasteiger partial charge >= 0.3 is 12.3 Å². The highest BCUT2D eigenvalue weighted by Crippen LogP contribution is 2.30. The van der Waals surface area contributed by atoms with Crippen LogP contribution in [0.15, 0.2) is 54.7 Å². The highest BCUT2D eigenvalue weighted by molar-refractivity contribution is 5.90. The van der Waals surface area contributed by atoms with Gasteiger partial charge < -0.3 is 4.74 Å². The maximum absolute atomic E-state index is 12.8. The number of amides is 1. The van der Waals surface area contributed by atoms with E-state index in [2.05, 4.69) is 4.98 Å². The van der Waals surface area contributed by atoms with Crippen LogP contribution in [0.5, 0.6) is 0 Å². The van der Waals surface area contributed by atoms with E-state index in [1.165, 1.54) is 17.0 Å². The van der Waals surface area contributed by atoms with E-state index >= 15 is 0 Å². The van der Waals surface area contributed by atoms with Gasteiger partial charge in [0.1, 0.15) is 11.6 Å². The number of nitrogens with zero attached hydrogens (tertiary/aromatic N) is 2. The number of aryl methyl sites for hydroxylation is 1. The van der Waals surface area contributed by atoms with Crippen LogP contribution in [0, 0.1) is 0 Å². The van der Waals surface area contributed by atoms with Gasteiger partial charge in [-0.1, -0.05) is 24.3 Å². The molecule has 0 saturated heterocycles. The Labute approximate surface area is 184 Å². The molecular formula is C24H25F3N2O3. The summed E-state index contributed by atoms with van der Waals surface area (Å²) in [6.07, 6.45) is 0.723. The molecule has 1 aliphatic rings. The molecule has 0 N–H and O–H groups in total. The summed E-state index contributed by atoms with van der Waals surface area (Å²) in [5.74, 6) is -0.113. The number of hydrogen-bond donors (Lipinski definition) is 0. The number of pyridine rings is 1. The molecule has 3 rings (SSSR count). The largest absolute Gasteiger partial charge is 0.444 e. The van der Waals surface area contributed by atoms with Crippen molar-refractivity contribution in [1.82, 2.24) is 9.88 Å². The standard InChI is InChI=1S/C24H25F3N2O3/c1-23(2,3)32-22(31)29-14-4-5-20(29)21(30)11-6-16-12-13-28-19(15-16)17-7-9-18(10-8-17)24(25,26)27/h4-5,7-10,12-13,15,20H,6,11,14H2,1-3H3/t20-/m0/s1. The Morgan fingerprint density at radius 1 is 1.12 bits per heavy atom. The van der Waals surface area contributed by atoms with Gasteiger partial charge in [0.25, 0.3) is 0 Å². The van der Waals surface area contributed by atoms with Crippen LogP contribution in [0.1, 0.15) is 38.3 Å². The third-order valence-corrected chi connectivity index (χ3v) is 4.91. The molecule has 1 atom stereocenters. The van der Waals surface area contributed by atoms with E-state index in [9.17, 15) is 22.8 Å². The molecule has 2 heterocycles. The molecule has 32 heavy (non-hydrogen) atoms. The van der Waals surface area contributed by atoms with Crippen LogP contribution < -0.4 is 0 Å². The number of benzene rings is 1. The molecule has 5 nitrogen and oxygen atoms in total. The molecule has 170 valence electrons. The predicted molar refractivity (Wildman–Crippen MR) is 114 cm³/mol. The van der Waals surface area contributed by atoms with Gasteiger partial charge in [0.15, 0.2) is 5.78 Å². The third-order valence-electron chi connectivity index (χ3n) is 4.91. The number of halogens is 3. The van der Waals surface area contributed by atoms with Crippen molar-refractivity contribution in [2.75, 3.05) is 6.54 Å². The number of rotatable bonds is 5. The Bertz CT molecular complexity index is 1010. The average molecular weight is 446 g/mol. The molecule has 0 saturated carbocycles. The number of carbonyl (C=O) groups excluding carboxylic acids is 2. The quantitative estimate of drug-likeness (QED) is 0.574. The van der Waals surface area contributed by atoms with Gasteiger partial charge in [-0.25, -0.2) is 4.79 Å². The molecule has 1 amide bonds. The molecule has 1 aromatic carbocycles. The fourth-order valence-electron chi connectivity index (χ4n) is 3.34. The predicted octanol–water partition coefficient (Wildman–Crippen LogP) is 5.44. The summed E-state index contributed by atoms with van der Waals surface area (Å²) in [5, 5.41) is 0. The molecule has 0 aliphatic carbocycles. The number of hydrogen-bond acceptors (Lipinski definition) is 4. The zero-order valence-electron chi connectivity index (χ0n) is 18.1. The van der Waals surface area contributed by atoms with Gasteiger partial charge in [-0.3, -0.25) is 14.7 Å². The van der Waals surface area contributed by atoms with E-state index in [1.807, 2.05) is 0 Å². The summed E-state index contributed by atoms with van der Waals surface area (Å²) in [6.45, 7) is 5.62. The lowest BCUT2D eigenvalue weighted by atomic mass is 10.0. The lowest BCUT2D eigenvalue weighted by molar-refractivity contribution is -0.137. The second kappa shape index (κ2) is 9.14. The molecule has 0 spiro atoms. The molecule has 1 aliphatic heterocycles. The number of ether oxygens (including phenoxy) is 1. The second-order valence-corrected chi connectivity index (χ2v) is 8.60. The number of ketones is 1. The fraction of sp³-hybridized carbons (Fsp3) is 0.375. The minimum Gasteiger partial charge on any atom is -0.444 e. The molecule has 0 bridgehead atoms. The number of aromatic nitrogens is 1. The lowest BCUT2D eigenvalue weighted by Crippen LogP contribution is -2.43. The first kappa shape index (κ1) is 23.5. The second-order valence-electron chi connectivity index (χ2n) is 8.60. The van der Waals surface area contributed by atoms with E-state index in [4.69, 9.17) is 4.74 Å². The van der Waals surface area contributed by atoms with Crippen molar-refractivity contribution in [3.8, 4) is 11.3 Å². The number of Topliss-reactive ketones (excluding diaryl/α,β-unsaturated/α-hetero) is 1. The van der Waals surface area contributed by atoms with Crippen molar-refractivity contribution in [3.05, 3.63) is 65.9 Å². The van der Waals surface area contributed by atoms with Crippen molar-refractivity contribution >= 4 is 11.9 Å². The summed E-state index contributed by atoms with van der Waals surface area (Å²) in [7, 11) is 0. The van der Waals surface area contributed by atoms with E-state index in [-0.39, 0.29) is 12.2 Å². The summed E-state index contributed by atoms with van der Waals surface area (Å²) < 4.78 is 43.7. The highest BCUT2D eigenvalue weighted by Gasteiger charge is 2.33. The van der Waals surface area contributed by atoms with Crippen molar-refractivity contribution in [1.29, 1.82) is 0 Å². The van der Waals surface area contributed by atoms with Crippen molar-refractivity contribution in [3.63, 3.8) is 0 Å². The van der Waals surface area contributed by atoms with E-state index < -0.39 is 29.5 Å². The minimum atomic E-state index is -4.39. The zero-order chi connectivity index (χ0) is 23.5. The Morgan fingerprint density at radius 2 is 1.81 bits per heavy atom. The van der Waals surface area contributed by atoms with Crippen LogP contribution >= 0.6 is 0 Å². The van der Waals surface area contributed by atoms with Crippen molar-refractivity contribution in [2.45, 2.75) is 51.4 Å². The first-order valence-corrected chi connectivity index (χ1v) is 10.3. The lowest BCUT2D eigenvalue weighted by Gasteiger charge is -2.28. The first-order chi connectivity index (χ1) is 14.9.